The summed E-state index contributed by atoms with van der Waals surface area (Å²) in [6, 6.07) is 12.5. The summed E-state index contributed by atoms with van der Waals surface area (Å²) in [5.41, 5.74) is 2.66. The Morgan fingerprint density at radius 2 is 1.81 bits per heavy atom. The van der Waals surface area contributed by atoms with Crippen LogP contribution in [0.3, 0.4) is 0 Å². The molecule has 0 aliphatic heterocycles. The first-order valence-corrected chi connectivity index (χ1v) is 7.35. The van der Waals surface area contributed by atoms with E-state index in [9.17, 15) is 10.2 Å². The minimum atomic E-state index is -0.0382. The Morgan fingerprint density at radius 1 is 1.14 bits per heavy atom. The van der Waals surface area contributed by atoms with E-state index in [4.69, 9.17) is 12.2 Å². The second kappa shape index (κ2) is 6.59. The lowest BCUT2D eigenvalue weighted by Crippen LogP contribution is -2.10. The minimum absolute atomic E-state index is 0.0111. The van der Waals surface area contributed by atoms with E-state index in [0.717, 1.165) is 12.1 Å². The van der Waals surface area contributed by atoms with Crippen LogP contribution in [0.15, 0.2) is 42.5 Å². The fraction of sp³-hybridized carbons (Fsp3) is 0.235. The highest BCUT2D eigenvalue weighted by molar-refractivity contribution is 7.81. The fourth-order valence-electron chi connectivity index (χ4n) is 2.04. The van der Waals surface area contributed by atoms with Crippen molar-refractivity contribution in [1.82, 2.24) is 0 Å². The predicted molar refractivity (Wildman–Crippen MR) is 90.2 cm³/mol. The van der Waals surface area contributed by atoms with Gasteiger partial charge in [-0.15, -0.1) is 0 Å². The van der Waals surface area contributed by atoms with Crippen LogP contribution in [-0.2, 0) is 0 Å². The second-order valence-corrected chi connectivity index (χ2v) is 5.50. The van der Waals surface area contributed by atoms with Crippen molar-refractivity contribution >= 4 is 22.9 Å². The van der Waals surface area contributed by atoms with Crippen LogP contribution in [-0.4, -0.2) is 15.2 Å². The summed E-state index contributed by atoms with van der Waals surface area (Å²) in [6.07, 6.45) is 1.10. The first kappa shape index (κ1) is 15.3. The Balaban J connectivity index is 2.12. The van der Waals surface area contributed by atoms with Gasteiger partial charge in [-0.2, -0.15) is 0 Å². The highest BCUT2D eigenvalue weighted by Gasteiger charge is 2.09. The monoisotopic (exact) mass is 301 g/mol. The molecule has 1 unspecified atom stereocenters. The zero-order valence-corrected chi connectivity index (χ0v) is 12.9. The summed E-state index contributed by atoms with van der Waals surface area (Å²) in [5, 5.41) is 22.2. The van der Waals surface area contributed by atoms with Crippen molar-refractivity contribution in [2.75, 3.05) is 5.32 Å². The van der Waals surface area contributed by atoms with Gasteiger partial charge < -0.3 is 15.5 Å². The lowest BCUT2D eigenvalue weighted by Gasteiger charge is -2.12. The molecule has 0 saturated carbocycles. The summed E-state index contributed by atoms with van der Waals surface area (Å²) >= 11 is 5.29. The van der Waals surface area contributed by atoms with Gasteiger partial charge >= 0.3 is 0 Å². The smallest absolute Gasteiger partial charge is 0.129 e. The Morgan fingerprint density at radius 3 is 2.38 bits per heavy atom. The Kier molecular flexibility index (Phi) is 4.81. The van der Waals surface area contributed by atoms with Crippen LogP contribution in [0.25, 0.3) is 0 Å². The van der Waals surface area contributed by atoms with Gasteiger partial charge in [0, 0.05) is 11.8 Å². The molecule has 21 heavy (non-hydrogen) atoms. The topological polar surface area (TPSA) is 52.5 Å². The van der Waals surface area contributed by atoms with Gasteiger partial charge in [-0.1, -0.05) is 38.2 Å². The lowest BCUT2D eigenvalue weighted by atomic mass is 9.98. The Hall–Kier alpha value is -2.07. The zero-order chi connectivity index (χ0) is 15.4. The molecular formula is C17H19NO2S. The molecule has 2 aromatic rings. The van der Waals surface area contributed by atoms with E-state index in [1.165, 1.54) is 17.7 Å². The van der Waals surface area contributed by atoms with E-state index in [-0.39, 0.29) is 11.5 Å². The number of phenolic OH excluding ortho intramolecular Hbond substituents is 2. The molecule has 2 rings (SSSR count). The predicted octanol–water partition coefficient (Wildman–Crippen LogP) is 4.40. The van der Waals surface area contributed by atoms with Gasteiger partial charge in [0.15, 0.2) is 0 Å². The molecular weight excluding hydrogens is 282 g/mol. The first-order valence-electron chi connectivity index (χ1n) is 6.94. The van der Waals surface area contributed by atoms with Crippen molar-refractivity contribution in [1.29, 1.82) is 0 Å². The molecule has 0 spiro atoms. The molecule has 0 heterocycles. The van der Waals surface area contributed by atoms with Crippen LogP contribution < -0.4 is 5.32 Å². The summed E-state index contributed by atoms with van der Waals surface area (Å²) in [6.45, 7) is 4.36. The summed E-state index contributed by atoms with van der Waals surface area (Å²) < 4.78 is 0. The highest BCUT2D eigenvalue weighted by Crippen LogP contribution is 2.25. The molecule has 0 bridgehead atoms. The van der Waals surface area contributed by atoms with Gasteiger partial charge in [-0.3, -0.25) is 0 Å². The number of hydrogen-bond acceptors (Lipinski definition) is 3. The summed E-state index contributed by atoms with van der Waals surface area (Å²) in [5.74, 6) is 0.507. The number of phenols is 2. The van der Waals surface area contributed by atoms with Crippen LogP contribution in [0.4, 0.5) is 5.69 Å². The maximum Gasteiger partial charge on any atom is 0.129 e. The normalized spacial score (nSPS) is 11.9. The molecule has 0 fully saturated rings. The minimum Gasteiger partial charge on any atom is -0.508 e. The van der Waals surface area contributed by atoms with E-state index >= 15 is 0 Å². The molecule has 1 atom stereocenters. The van der Waals surface area contributed by atoms with Crippen LogP contribution in [0.2, 0.25) is 0 Å². The highest BCUT2D eigenvalue weighted by atomic mass is 32.1. The third-order valence-electron chi connectivity index (χ3n) is 3.58. The number of nitrogens with one attached hydrogen (secondary N) is 1. The average Bonchev–Trinajstić information content (AvgIpc) is 2.47. The molecule has 110 valence electrons. The van der Waals surface area contributed by atoms with Crippen LogP contribution in [0, 0.1) is 0 Å². The van der Waals surface area contributed by atoms with Gasteiger partial charge in [-0.05, 0) is 42.2 Å². The largest absolute Gasteiger partial charge is 0.508 e. The number of rotatable bonds is 4. The molecule has 2 aromatic carbocycles. The summed E-state index contributed by atoms with van der Waals surface area (Å²) in [4.78, 5) is 0.420. The molecule has 0 aromatic heterocycles. The van der Waals surface area contributed by atoms with Crippen LogP contribution >= 0.6 is 12.2 Å². The van der Waals surface area contributed by atoms with Crippen molar-refractivity contribution < 1.29 is 10.2 Å². The van der Waals surface area contributed by atoms with Crippen molar-refractivity contribution in [2.24, 2.45) is 0 Å². The summed E-state index contributed by atoms with van der Waals surface area (Å²) in [7, 11) is 0. The average molecular weight is 301 g/mol. The Labute approximate surface area is 130 Å². The van der Waals surface area contributed by atoms with E-state index < -0.39 is 0 Å². The third-order valence-corrected chi connectivity index (χ3v) is 3.90. The van der Waals surface area contributed by atoms with E-state index in [1.807, 2.05) is 12.1 Å². The molecule has 3 nitrogen and oxygen atoms in total. The molecule has 3 N–H and O–H groups in total. The van der Waals surface area contributed by atoms with Crippen LogP contribution in [0.5, 0.6) is 11.5 Å². The van der Waals surface area contributed by atoms with Crippen molar-refractivity contribution in [3.05, 3.63) is 53.6 Å². The van der Waals surface area contributed by atoms with Gasteiger partial charge in [0.25, 0.3) is 0 Å². The van der Waals surface area contributed by atoms with Gasteiger partial charge in [0.2, 0.25) is 0 Å². The second-order valence-electron chi connectivity index (χ2n) is 5.09. The third kappa shape index (κ3) is 3.73. The molecule has 4 heteroatoms. The van der Waals surface area contributed by atoms with E-state index in [2.05, 4.69) is 31.3 Å². The number of benzene rings is 2. The quantitative estimate of drug-likeness (QED) is 0.733. The fourth-order valence-corrected chi connectivity index (χ4v) is 2.33. The maximum absolute atomic E-state index is 9.80. The van der Waals surface area contributed by atoms with Crippen LogP contribution in [0.1, 0.15) is 37.3 Å². The van der Waals surface area contributed by atoms with Crippen molar-refractivity contribution in [3.8, 4) is 11.5 Å². The van der Waals surface area contributed by atoms with Crippen molar-refractivity contribution in [3.63, 3.8) is 0 Å². The number of anilines is 1. The first-order chi connectivity index (χ1) is 10.0. The zero-order valence-electron chi connectivity index (χ0n) is 12.1. The van der Waals surface area contributed by atoms with Gasteiger partial charge in [-0.25, -0.2) is 0 Å². The number of thiocarbonyl (C=S) groups is 1. The standard InChI is InChI=1S/C17H19NO2S/c1-3-11(2)12-4-6-13(7-5-12)18-17(21)15-9-8-14(19)10-16(15)20/h4-11,19-20H,3H2,1-2H3,(H,18,21). The SMILES string of the molecule is CCC(C)c1ccc(NC(=S)c2ccc(O)cc2O)cc1. The Bertz CT molecular complexity index is 638. The lowest BCUT2D eigenvalue weighted by molar-refractivity contribution is 0.450. The number of aromatic hydroxyl groups is 2. The molecule has 0 saturated heterocycles. The molecule has 0 amide bonds. The van der Waals surface area contributed by atoms with E-state index in [1.54, 1.807) is 6.07 Å². The van der Waals surface area contributed by atoms with E-state index in [0.29, 0.717) is 16.5 Å². The number of hydrogen-bond donors (Lipinski definition) is 3. The van der Waals surface area contributed by atoms with Gasteiger partial charge in [0.05, 0.1) is 5.56 Å². The molecule has 0 aliphatic carbocycles. The molecule has 0 aliphatic rings. The van der Waals surface area contributed by atoms with Gasteiger partial charge in [0.1, 0.15) is 16.5 Å². The van der Waals surface area contributed by atoms with Crippen molar-refractivity contribution in [2.45, 2.75) is 26.2 Å². The molecule has 0 radical (unpaired) electrons. The maximum atomic E-state index is 9.80.